The number of carbonyl (C=O) groups excluding carboxylic acids is 1. The third kappa shape index (κ3) is 4.66. The summed E-state index contributed by atoms with van der Waals surface area (Å²) in [4.78, 5) is 31.2. The molecule has 8 nitrogen and oxygen atoms in total. The summed E-state index contributed by atoms with van der Waals surface area (Å²) in [6.45, 7) is 3.68. The molecule has 2 atom stereocenters. The molecule has 0 aliphatic heterocycles. The maximum absolute atomic E-state index is 13.3. The van der Waals surface area contributed by atoms with E-state index >= 15 is 0 Å². The summed E-state index contributed by atoms with van der Waals surface area (Å²) >= 11 is 2.34. The SMILES string of the molecule is CC#CC(=O)N(c1ccc2c(n1)c(O[C@H]1CC[C@H](C(=O)O)C1)nn2C)c1cc(C)c(I)cc1C1CC1. The van der Waals surface area contributed by atoms with Gasteiger partial charge in [0, 0.05) is 10.6 Å². The number of pyridine rings is 1. The number of anilines is 2. The van der Waals surface area contributed by atoms with Crippen molar-refractivity contribution >= 4 is 57.0 Å². The number of carbonyl (C=O) groups is 2. The van der Waals surface area contributed by atoms with Crippen LogP contribution >= 0.6 is 22.6 Å². The van der Waals surface area contributed by atoms with Crippen molar-refractivity contribution in [3.8, 4) is 17.7 Å². The number of benzene rings is 1. The Balaban J connectivity index is 1.58. The average molecular weight is 598 g/mol. The van der Waals surface area contributed by atoms with Gasteiger partial charge in [-0.1, -0.05) is 5.92 Å². The van der Waals surface area contributed by atoms with Gasteiger partial charge in [0.1, 0.15) is 11.9 Å². The van der Waals surface area contributed by atoms with Gasteiger partial charge in [-0.05, 0) is 116 Å². The lowest BCUT2D eigenvalue weighted by Gasteiger charge is -2.24. The fraction of sp³-hybridized carbons (Fsp3) is 0.407. The van der Waals surface area contributed by atoms with E-state index in [-0.39, 0.29) is 12.0 Å². The zero-order chi connectivity index (χ0) is 25.6. The van der Waals surface area contributed by atoms with Crippen LogP contribution in [0.15, 0.2) is 24.3 Å². The normalized spacial score (nSPS) is 19.1. The first-order valence-electron chi connectivity index (χ1n) is 12.1. The van der Waals surface area contributed by atoms with Crippen molar-refractivity contribution in [1.82, 2.24) is 14.8 Å². The van der Waals surface area contributed by atoms with Crippen LogP contribution in [0.3, 0.4) is 0 Å². The number of hydrogen-bond donors (Lipinski definition) is 1. The van der Waals surface area contributed by atoms with E-state index in [0.717, 1.165) is 38.7 Å². The van der Waals surface area contributed by atoms with Crippen LogP contribution in [0.4, 0.5) is 11.5 Å². The molecular weight excluding hydrogens is 571 g/mol. The Hall–Kier alpha value is -3.13. The lowest BCUT2D eigenvalue weighted by atomic mass is 10.0. The van der Waals surface area contributed by atoms with E-state index in [1.165, 1.54) is 0 Å². The Morgan fingerprint density at radius 2 is 2.00 bits per heavy atom. The van der Waals surface area contributed by atoms with Crippen molar-refractivity contribution in [2.45, 2.75) is 58.0 Å². The first kappa shape index (κ1) is 24.6. The number of carboxylic acid groups (broad SMARTS) is 1. The summed E-state index contributed by atoms with van der Waals surface area (Å²) in [6.07, 6.45) is 3.63. The minimum Gasteiger partial charge on any atom is -0.481 e. The Morgan fingerprint density at radius 1 is 1.22 bits per heavy atom. The molecule has 2 saturated carbocycles. The maximum Gasteiger partial charge on any atom is 0.308 e. The minimum atomic E-state index is -0.794. The van der Waals surface area contributed by atoms with E-state index in [4.69, 9.17) is 9.72 Å². The molecule has 36 heavy (non-hydrogen) atoms. The molecule has 1 aromatic carbocycles. The molecule has 2 fully saturated rings. The largest absolute Gasteiger partial charge is 0.481 e. The Kier molecular flexibility index (Phi) is 6.64. The second-order valence-corrected chi connectivity index (χ2v) is 10.7. The van der Waals surface area contributed by atoms with E-state index in [9.17, 15) is 14.7 Å². The molecule has 2 heterocycles. The third-order valence-corrected chi connectivity index (χ3v) is 8.06. The average Bonchev–Trinajstić information content (AvgIpc) is 3.50. The van der Waals surface area contributed by atoms with E-state index in [1.54, 1.807) is 16.5 Å². The molecule has 0 radical (unpaired) electrons. The Bertz CT molecular complexity index is 1430. The van der Waals surface area contributed by atoms with Crippen molar-refractivity contribution in [2.75, 3.05) is 4.90 Å². The van der Waals surface area contributed by atoms with Crippen LogP contribution in [0, 0.1) is 28.3 Å². The predicted octanol–water partition coefficient (Wildman–Crippen LogP) is 5.08. The Labute approximate surface area is 223 Å². The van der Waals surface area contributed by atoms with Gasteiger partial charge < -0.3 is 9.84 Å². The highest BCUT2D eigenvalue weighted by atomic mass is 127. The van der Waals surface area contributed by atoms with Crippen LogP contribution in [0.2, 0.25) is 0 Å². The number of hydrogen-bond acceptors (Lipinski definition) is 5. The summed E-state index contributed by atoms with van der Waals surface area (Å²) in [7, 11) is 1.81. The number of carboxylic acids is 1. The number of nitrogens with zero attached hydrogens (tertiary/aromatic N) is 4. The van der Waals surface area contributed by atoms with Gasteiger partial charge in [0.05, 0.1) is 17.1 Å². The molecule has 2 aliphatic rings. The zero-order valence-electron chi connectivity index (χ0n) is 20.4. The van der Waals surface area contributed by atoms with Gasteiger partial charge in [-0.3, -0.25) is 19.2 Å². The molecule has 2 aliphatic carbocycles. The number of fused-ring (bicyclic) bond motifs is 1. The summed E-state index contributed by atoms with van der Waals surface area (Å²) in [5.41, 5.74) is 4.31. The molecule has 1 N–H and O–H groups in total. The number of aliphatic carboxylic acids is 1. The molecule has 9 heteroatoms. The van der Waals surface area contributed by atoms with Crippen LogP contribution in [-0.2, 0) is 16.6 Å². The third-order valence-electron chi connectivity index (χ3n) is 6.89. The van der Waals surface area contributed by atoms with Gasteiger partial charge >= 0.3 is 11.9 Å². The van der Waals surface area contributed by atoms with E-state index in [2.05, 4.69) is 45.6 Å². The molecule has 1 amide bonds. The van der Waals surface area contributed by atoms with Crippen LogP contribution in [0.1, 0.15) is 56.1 Å². The molecule has 3 aromatic rings. The summed E-state index contributed by atoms with van der Waals surface area (Å²) in [5, 5.41) is 13.9. The van der Waals surface area contributed by atoms with E-state index in [0.29, 0.717) is 42.4 Å². The van der Waals surface area contributed by atoms with Gasteiger partial charge in [-0.2, -0.15) is 0 Å². The van der Waals surface area contributed by atoms with Gasteiger partial charge in [-0.15, -0.1) is 5.10 Å². The maximum atomic E-state index is 13.3. The lowest BCUT2D eigenvalue weighted by Crippen LogP contribution is -2.26. The molecule has 0 spiro atoms. The van der Waals surface area contributed by atoms with Crippen molar-refractivity contribution in [1.29, 1.82) is 0 Å². The summed E-state index contributed by atoms with van der Waals surface area (Å²) in [5.74, 6) is 5.10. The second kappa shape index (κ2) is 9.73. The molecule has 186 valence electrons. The van der Waals surface area contributed by atoms with E-state index < -0.39 is 11.9 Å². The van der Waals surface area contributed by atoms with Crippen LogP contribution in [-0.4, -0.2) is 37.9 Å². The Morgan fingerprint density at radius 3 is 2.67 bits per heavy atom. The quantitative estimate of drug-likeness (QED) is 0.314. The first-order chi connectivity index (χ1) is 17.3. The first-order valence-corrected chi connectivity index (χ1v) is 13.1. The number of aryl methyl sites for hydroxylation is 2. The second-order valence-electron chi connectivity index (χ2n) is 9.50. The molecule has 0 bridgehead atoms. The number of ether oxygens (including phenoxy) is 1. The summed E-state index contributed by atoms with van der Waals surface area (Å²) in [6, 6.07) is 7.89. The molecule has 2 aromatic heterocycles. The van der Waals surface area contributed by atoms with Crippen LogP contribution < -0.4 is 9.64 Å². The molecule has 0 saturated heterocycles. The number of aromatic nitrogens is 3. The standard InChI is InChI=1S/C27H27IN4O4/c1-4-5-24(33)32(22-12-15(2)20(28)14-19(22)16-6-7-16)23-11-10-21-25(29-23)26(30-31(21)3)36-18-9-8-17(13-18)27(34)35/h10-12,14,16-18H,6-9,13H2,1-3H3,(H,34,35)/t17-,18-/m0/s1. The summed E-state index contributed by atoms with van der Waals surface area (Å²) < 4.78 is 9.00. The smallest absolute Gasteiger partial charge is 0.308 e. The highest BCUT2D eigenvalue weighted by Gasteiger charge is 2.33. The van der Waals surface area contributed by atoms with Crippen molar-refractivity contribution < 1.29 is 19.4 Å². The van der Waals surface area contributed by atoms with Gasteiger partial charge in [0.2, 0.25) is 0 Å². The van der Waals surface area contributed by atoms with Crippen molar-refractivity contribution in [3.63, 3.8) is 0 Å². The number of halogens is 1. The monoisotopic (exact) mass is 598 g/mol. The lowest BCUT2D eigenvalue weighted by molar-refractivity contribution is -0.141. The number of amides is 1. The topological polar surface area (TPSA) is 97.6 Å². The van der Waals surface area contributed by atoms with Crippen molar-refractivity contribution in [2.24, 2.45) is 13.0 Å². The molecule has 5 rings (SSSR count). The fourth-order valence-electron chi connectivity index (χ4n) is 4.83. The minimum absolute atomic E-state index is 0.237. The molecule has 0 unspecified atom stereocenters. The van der Waals surface area contributed by atoms with Gasteiger partial charge in [-0.25, -0.2) is 4.98 Å². The van der Waals surface area contributed by atoms with Gasteiger partial charge in [0.25, 0.3) is 5.88 Å². The van der Waals surface area contributed by atoms with Crippen LogP contribution in [0.5, 0.6) is 5.88 Å². The number of rotatable bonds is 6. The predicted molar refractivity (Wildman–Crippen MR) is 144 cm³/mol. The van der Waals surface area contributed by atoms with E-state index in [1.807, 2.05) is 32.2 Å². The highest BCUT2D eigenvalue weighted by Crippen LogP contribution is 2.47. The fourth-order valence-corrected chi connectivity index (χ4v) is 5.32. The molecular formula is C27H27IN4O4. The van der Waals surface area contributed by atoms with Crippen LogP contribution in [0.25, 0.3) is 11.0 Å². The van der Waals surface area contributed by atoms with Crippen molar-refractivity contribution in [3.05, 3.63) is 39.0 Å². The highest BCUT2D eigenvalue weighted by molar-refractivity contribution is 14.1. The zero-order valence-corrected chi connectivity index (χ0v) is 22.6. The van der Waals surface area contributed by atoms with Gasteiger partial charge in [0.15, 0.2) is 5.52 Å².